The molecular formula is C15H14BrNO3S. The van der Waals surface area contributed by atoms with Crippen LogP contribution < -0.4 is 5.32 Å². The number of benzene rings is 1. The number of carbonyl (C=O) groups is 2. The van der Waals surface area contributed by atoms with Crippen molar-refractivity contribution in [2.45, 2.75) is 13.3 Å². The minimum Gasteiger partial charge on any atom is -0.462 e. The molecule has 2 aromatic rings. The molecule has 0 aliphatic heterocycles. The van der Waals surface area contributed by atoms with Crippen molar-refractivity contribution >= 4 is 44.8 Å². The van der Waals surface area contributed by atoms with Gasteiger partial charge in [0.1, 0.15) is 0 Å². The first kappa shape index (κ1) is 15.7. The summed E-state index contributed by atoms with van der Waals surface area (Å²) in [5.74, 6) is -0.603. The van der Waals surface area contributed by atoms with E-state index in [1.807, 2.05) is 12.1 Å². The molecular weight excluding hydrogens is 354 g/mol. The van der Waals surface area contributed by atoms with Crippen LogP contribution in [0.15, 0.2) is 40.2 Å². The van der Waals surface area contributed by atoms with E-state index in [2.05, 4.69) is 21.2 Å². The van der Waals surface area contributed by atoms with Gasteiger partial charge in [0, 0.05) is 4.88 Å². The van der Waals surface area contributed by atoms with E-state index in [4.69, 9.17) is 4.74 Å². The van der Waals surface area contributed by atoms with Crippen LogP contribution in [0.3, 0.4) is 0 Å². The molecule has 0 unspecified atom stereocenters. The number of amides is 1. The average Bonchev–Trinajstić information content (AvgIpc) is 2.84. The monoisotopic (exact) mass is 367 g/mol. The maximum atomic E-state index is 12.1. The molecule has 1 heterocycles. The second kappa shape index (κ2) is 7.38. The fourth-order valence-electron chi connectivity index (χ4n) is 1.78. The van der Waals surface area contributed by atoms with Gasteiger partial charge in [-0.3, -0.25) is 4.79 Å². The topological polar surface area (TPSA) is 55.4 Å². The number of ether oxygens (including phenoxy) is 1. The van der Waals surface area contributed by atoms with Crippen LogP contribution in [-0.2, 0) is 16.0 Å². The molecule has 2 rings (SSSR count). The molecule has 0 fully saturated rings. The average molecular weight is 368 g/mol. The molecule has 1 aromatic carbocycles. The van der Waals surface area contributed by atoms with Crippen molar-refractivity contribution in [2.24, 2.45) is 0 Å². The largest absolute Gasteiger partial charge is 0.462 e. The standard InChI is InChI=1S/C15H14BrNO3S/c1-2-20-15(19)11-5-3-4-6-12(11)17-14(18)9-10-7-8-13(16)21-10/h3-8H,2,9H2,1H3,(H,17,18). The zero-order chi connectivity index (χ0) is 15.2. The van der Waals surface area contributed by atoms with Gasteiger partial charge in [0.05, 0.1) is 28.1 Å². The van der Waals surface area contributed by atoms with Gasteiger partial charge in [0.15, 0.2) is 0 Å². The molecule has 110 valence electrons. The summed E-state index contributed by atoms with van der Waals surface area (Å²) < 4.78 is 5.96. The molecule has 0 saturated carbocycles. The van der Waals surface area contributed by atoms with E-state index in [0.717, 1.165) is 8.66 Å². The van der Waals surface area contributed by atoms with E-state index in [0.29, 0.717) is 17.9 Å². The Morgan fingerprint density at radius 3 is 2.67 bits per heavy atom. The van der Waals surface area contributed by atoms with Crippen molar-refractivity contribution in [3.8, 4) is 0 Å². The van der Waals surface area contributed by atoms with Gasteiger partial charge in [-0.05, 0) is 47.1 Å². The van der Waals surface area contributed by atoms with Gasteiger partial charge < -0.3 is 10.1 Å². The molecule has 0 bridgehead atoms. The number of thiophene rings is 1. The maximum Gasteiger partial charge on any atom is 0.340 e. The van der Waals surface area contributed by atoms with Crippen molar-refractivity contribution in [1.29, 1.82) is 0 Å². The second-order valence-electron chi connectivity index (χ2n) is 4.20. The minimum absolute atomic E-state index is 0.166. The number of esters is 1. The van der Waals surface area contributed by atoms with E-state index in [-0.39, 0.29) is 12.3 Å². The Balaban J connectivity index is 2.08. The summed E-state index contributed by atoms with van der Waals surface area (Å²) in [6.45, 7) is 2.04. The third kappa shape index (κ3) is 4.41. The normalized spacial score (nSPS) is 10.2. The van der Waals surface area contributed by atoms with Crippen LogP contribution >= 0.6 is 27.3 Å². The number of hydrogen-bond acceptors (Lipinski definition) is 4. The van der Waals surface area contributed by atoms with E-state index in [9.17, 15) is 9.59 Å². The number of para-hydroxylation sites is 1. The lowest BCUT2D eigenvalue weighted by Crippen LogP contribution is -2.17. The molecule has 0 atom stereocenters. The number of halogens is 1. The van der Waals surface area contributed by atoms with Gasteiger partial charge in [-0.1, -0.05) is 12.1 Å². The third-order valence-corrected chi connectivity index (χ3v) is 4.28. The predicted molar refractivity (Wildman–Crippen MR) is 86.8 cm³/mol. The van der Waals surface area contributed by atoms with Crippen LogP contribution in [0.1, 0.15) is 22.2 Å². The first-order chi connectivity index (χ1) is 10.1. The van der Waals surface area contributed by atoms with E-state index in [1.54, 1.807) is 31.2 Å². The molecule has 1 amide bonds. The van der Waals surface area contributed by atoms with Gasteiger partial charge >= 0.3 is 5.97 Å². The number of anilines is 1. The highest BCUT2D eigenvalue weighted by atomic mass is 79.9. The molecule has 6 heteroatoms. The van der Waals surface area contributed by atoms with Crippen molar-refractivity contribution in [2.75, 3.05) is 11.9 Å². The quantitative estimate of drug-likeness (QED) is 0.816. The van der Waals surface area contributed by atoms with Gasteiger partial charge in [0.25, 0.3) is 0 Å². The third-order valence-electron chi connectivity index (χ3n) is 2.66. The Morgan fingerprint density at radius 1 is 1.24 bits per heavy atom. The van der Waals surface area contributed by atoms with Gasteiger partial charge in [0.2, 0.25) is 5.91 Å². The molecule has 0 spiro atoms. The van der Waals surface area contributed by atoms with Crippen LogP contribution in [0.4, 0.5) is 5.69 Å². The summed E-state index contributed by atoms with van der Waals surface area (Å²) in [6, 6.07) is 10.6. The Kier molecular flexibility index (Phi) is 5.52. The molecule has 0 radical (unpaired) electrons. The van der Waals surface area contributed by atoms with Crippen molar-refractivity contribution in [1.82, 2.24) is 0 Å². The fourth-order valence-corrected chi connectivity index (χ4v) is 3.26. The molecule has 1 aromatic heterocycles. The first-order valence-corrected chi connectivity index (χ1v) is 8.01. The minimum atomic E-state index is -0.438. The number of carbonyl (C=O) groups excluding carboxylic acids is 2. The summed E-state index contributed by atoms with van der Waals surface area (Å²) in [5.41, 5.74) is 0.830. The molecule has 4 nitrogen and oxygen atoms in total. The molecule has 0 aliphatic carbocycles. The SMILES string of the molecule is CCOC(=O)c1ccccc1NC(=O)Cc1ccc(Br)s1. The lowest BCUT2D eigenvalue weighted by atomic mass is 10.1. The van der Waals surface area contributed by atoms with Crippen molar-refractivity contribution < 1.29 is 14.3 Å². The number of hydrogen-bond donors (Lipinski definition) is 1. The van der Waals surface area contributed by atoms with Gasteiger partial charge in [-0.15, -0.1) is 11.3 Å². The molecule has 0 aliphatic rings. The van der Waals surface area contributed by atoms with Crippen LogP contribution in [0.25, 0.3) is 0 Å². The Hall–Kier alpha value is -1.66. The van der Waals surface area contributed by atoms with Crippen LogP contribution in [0.2, 0.25) is 0 Å². The first-order valence-electron chi connectivity index (χ1n) is 6.40. The zero-order valence-corrected chi connectivity index (χ0v) is 13.8. The van der Waals surface area contributed by atoms with Gasteiger partial charge in [-0.2, -0.15) is 0 Å². The second-order valence-corrected chi connectivity index (χ2v) is 6.74. The van der Waals surface area contributed by atoms with Crippen LogP contribution in [0, 0.1) is 0 Å². The summed E-state index contributed by atoms with van der Waals surface area (Å²) in [4.78, 5) is 24.8. The highest BCUT2D eigenvalue weighted by Gasteiger charge is 2.14. The van der Waals surface area contributed by atoms with E-state index >= 15 is 0 Å². The zero-order valence-electron chi connectivity index (χ0n) is 11.4. The Morgan fingerprint density at radius 2 is 2.00 bits per heavy atom. The number of rotatable bonds is 5. The Labute approximate surface area is 135 Å². The predicted octanol–water partition coefficient (Wildman–Crippen LogP) is 3.87. The summed E-state index contributed by atoms with van der Waals surface area (Å²) in [7, 11) is 0. The van der Waals surface area contributed by atoms with E-state index < -0.39 is 5.97 Å². The summed E-state index contributed by atoms with van der Waals surface area (Å²) in [6.07, 6.45) is 0.271. The highest BCUT2D eigenvalue weighted by molar-refractivity contribution is 9.11. The summed E-state index contributed by atoms with van der Waals surface area (Å²) >= 11 is 4.87. The van der Waals surface area contributed by atoms with Crippen LogP contribution in [-0.4, -0.2) is 18.5 Å². The maximum absolute atomic E-state index is 12.1. The summed E-state index contributed by atoms with van der Waals surface area (Å²) in [5, 5.41) is 2.76. The van der Waals surface area contributed by atoms with Crippen molar-refractivity contribution in [3.63, 3.8) is 0 Å². The van der Waals surface area contributed by atoms with E-state index in [1.165, 1.54) is 11.3 Å². The smallest absolute Gasteiger partial charge is 0.340 e. The molecule has 21 heavy (non-hydrogen) atoms. The molecule has 1 N–H and O–H groups in total. The Bertz CT molecular complexity index is 654. The fraction of sp³-hybridized carbons (Fsp3) is 0.200. The van der Waals surface area contributed by atoms with Crippen LogP contribution in [0.5, 0.6) is 0 Å². The highest BCUT2D eigenvalue weighted by Crippen LogP contribution is 2.23. The molecule has 0 saturated heterocycles. The lowest BCUT2D eigenvalue weighted by molar-refractivity contribution is -0.115. The van der Waals surface area contributed by atoms with Gasteiger partial charge in [-0.25, -0.2) is 4.79 Å². The lowest BCUT2D eigenvalue weighted by Gasteiger charge is -2.09. The number of nitrogens with one attached hydrogen (secondary N) is 1. The van der Waals surface area contributed by atoms with Crippen molar-refractivity contribution in [3.05, 3.63) is 50.6 Å².